The number of rotatable bonds is 8. The Bertz CT molecular complexity index is 839. The maximum Gasteiger partial charge on any atom is 0.323 e. The zero-order valence-electron chi connectivity index (χ0n) is 16.4. The van der Waals surface area contributed by atoms with Gasteiger partial charge in [0.1, 0.15) is 17.2 Å². The SMILES string of the molecule is CCOc1cc(NC(=O)Nc2ccccc2OC)c(OCC)cc1NC(C)=O. The minimum atomic E-state index is -0.472. The Labute approximate surface area is 164 Å². The van der Waals surface area contributed by atoms with E-state index in [-0.39, 0.29) is 5.91 Å². The molecular weight excluding hydrogens is 362 g/mol. The minimum Gasteiger partial charge on any atom is -0.495 e. The summed E-state index contributed by atoms with van der Waals surface area (Å²) in [6.45, 7) is 5.84. The smallest absolute Gasteiger partial charge is 0.323 e. The summed E-state index contributed by atoms with van der Waals surface area (Å²) < 4.78 is 16.4. The van der Waals surface area contributed by atoms with Crippen LogP contribution in [0.2, 0.25) is 0 Å². The summed E-state index contributed by atoms with van der Waals surface area (Å²) in [6, 6.07) is 9.84. The molecule has 0 aliphatic carbocycles. The van der Waals surface area contributed by atoms with Crippen LogP contribution in [0, 0.1) is 0 Å². The van der Waals surface area contributed by atoms with E-state index in [0.29, 0.717) is 47.5 Å². The third-order valence-electron chi connectivity index (χ3n) is 3.60. The first kappa shape index (κ1) is 20.9. The molecule has 0 aromatic heterocycles. The fourth-order valence-electron chi connectivity index (χ4n) is 2.52. The van der Waals surface area contributed by atoms with Crippen LogP contribution in [0.4, 0.5) is 21.9 Å². The molecule has 0 heterocycles. The van der Waals surface area contributed by atoms with Gasteiger partial charge in [0.15, 0.2) is 0 Å². The predicted octanol–water partition coefficient (Wildman–Crippen LogP) is 4.10. The number of benzene rings is 2. The minimum absolute atomic E-state index is 0.238. The van der Waals surface area contributed by atoms with Crippen molar-refractivity contribution < 1.29 is 23.8 Å². The van der Waals surface area contributed by atoms with Gasteiger partial charge >= 0.3 is 6.03 Å². The summed E-state index contributed by atoms with van der Waals surface area (Å²) in [5, 5.41) is 8.19. The van der Waals surface area contributed by atoms with Crippen LogP contribution in [-0.2, 0) is 4.79 Å². The summed E-state index contributed by atoms with van der Waals surface area (Å²) in [6.07, 6.45) is 0. The number of hydrogen-bond acceptors (Lipinski definition) is 5. The Hall–Kier alpha value is -3.42. The molecule has 0 aliphatic heterocycles. The monoisotopic (exact) mass is 387 g/mol. The predicted molar refractivity (Wildman–Crippen MR) is 109 cm³/mol. The van der Waals surface area contributed by atoms with Crippen LogP contribution in [0.1, 0.15) is 20.8 Å². The van der Waals surface area contributed by atoms with Crippen LogP contribution in [0.15, 0.2) is 36.4 Å². The third-order valence-corrected chi connectivity index (χ3v) is 3.60. The Morgan fingerprint density at radius 2 is 1.36 bits per heavy atom. The van der Waals surface area contributed by atoms with E-state index in [1.54, 1.807) is 30.3 Å². The topological polar surface area (TPSA) is 97.9 Å². The first-order valence-electron chi connectivity index (χ1n) is 8.90. The lowest BCUT2D eigenvalue weighted by molar-refractivity contribution is -0.114. The van der Waals surface area contributed by atoms with Crippen LogP contribution in [-0.4, -0.2) is 32.3 Å². The van der Waals surface area contributed by atoms with E-state index < -0.39 is 6.03 Å². The van der Waals surface area contributed by atoms with Crippen molar-refractivity contribution in [3.8, 4) is 17.2 Å². The van der Waals surface area contributed by atoms with E-state index in [9.17, 15) is 9.59 Å². The Kier molecular flexibility index (Phi) is 7.50. The molecule has 0 fully saturated rings. The molecule has 8 heteroatoms. The fourth-order valence-corrected chi connectivity index (χ4v) is 2.52. The number of carbonyl (C=O) groups is 2. The van der Waals surface area contributed by atoms with Crippen LogP contribution in [0.5, 0.6) is 17.2 Å². The largest absolute Gasteiger partial charge is 0.495 e. The molecule has 3 N–H and O–H groups in total. The summed E-state index contributed by atoms with van der Waals surface area (Å²) in [5.74, 6) is 1.13. The van der Waals surface area contributed by atoms with Crippen LogP contribution < -0.4 is 30.2 Å². The van der Waals surface area contributed by atoms with Crippen LogP contribution in [0.3, 0.4) is 0 Å². The highest BCUT2D eigenvalue weighted by molar-refractivity contribution is 6.02. The molecule has 0 saturated carbocycles. The van der Waals surface area contributed by atoms with Gasteiger partial charge in [-0.05, 0) is 26.0 Å². The number of urea groups is 1. The summed E-state index contributed by atoms with van der Waals surface area (Å²) in [5.41, 5.74) is 1.40. The number of hydrogen-bond donors (Lipinski definition) is 3. The van der Waals surface area contributed by atoms with Crippen molar-refractivity contribution in [3.05, 3.63) is 36.4 Å². The number of anilines is 3. The van der Waals surface area contributed by atoms with E-state index in [4.69, 9.17) is 14.2 Å². The van der Waals surface area contributed by atoms with Crippen molar-refractivity contribution in [3.63, 3.8) is 0 Å². The zero-order chi connectivity index (χ0) is 20.5. The molecule has 0 saturated heterocycles. The van der Waals surface area contributed by atoms with Crippen LogP contribution in [0.25, 0.3) is 0 Å². The van der Waals surface area contributed by atoms with E-state index in [2.05, 4.69) is 16.0 Å². The second-order valence-corrected chi connectivity index (χ2v) is 5.67. The first-order chi connectivity index (χ1) is 13.5. The molecule has 2 rings (SSSR count). The van der Waals surface area contributed by atoms with Gasteiger partial charge in [0.2, 0.25) is 5.91 Å². The van der Waals surface area contributed by atoms with Gasteiger partial charge < -0.3 is 30.2 Å². The first-order valence-corrected chi connectivity index (χ1v) is 8.90. The lowest BCUT2D eigenvalue weighted by Gasteiger charge is -2.18. The normalized spacial score (nSPS) is 10.0. The molecule has 28 heavy (non-hydrogen) atoms. The molecule has 0 bridgehead atoms. The lowest BCUT2D eigenvalue weighted by atomic mass is 10.2. The van der Waals surface area contributed by atoms with Gasteiger partial charge in [-0.15, -0.1) is 0 Å². The number of para-hydroxylation sites is 2. The number of methoxy groups -OCH3 is 1. The molecule has 3 amide bonds. The van der Waals surface area contributed by atoms with E-state index in [1.807, 2.05) is 19.9 Å². The molecule has 0 aliphatic rings. The molecule has 0 spiro atoms. The van der Waals surface area contributed by atoms with Crippen LogP contribution >= 0.6 is 0 Å². The van der Waals surface area contributed by atoms with Gasteiger partial charge in [-0.2, -0.15) is 0 Å². The number of ether oxygens (including phenoxy) is 3. The number of nitrogens with one attached hydrogen (secondary N) is 3. The second kappa shape index (κ2) is 10.1. The van der Waals surface area contributed by atoms with Crippen molar-refractivity contribution in [2.45, 2.75) is 20.8 Å². The number of carbonyl (C=O) groups excluding carboxylic acids is 2. The standard InChI is InChI=1S/C20H25N3O5/c1-5-27-18-12-16(19(28-6-2)11-15(18)21-13(3)24)23-20(25)22-14-9-7-8-10-17(14)26-4/h7-12H,5-6H2,1-4H3,(H,21,24)(H2,22,23,25). The second-order valence-electron chi connectivity index (χ2n) is 5.67. The quantitative estimate of drug-likeness (QED) is 0.634. The maximum absolute atomic E-state index is 12.5. The summed E-state index contributed by atoms with van der Waals surface area (Å²) >= 11 is 0. The number of amides is 3. The highest BCUT2D eigenvalue weighted by Crippen LogP contribution is 2.37. The molecule has 2 aromatic rings. The van der Waals surface area contributed by atoms with Gasteiger partial charge in [-0.3, -0.25) is 4.79 Å². The van der Waals surface area contributed by atoms with Crippen molar-refractivity contribution in [2.24, 2.45) is 0 Å². The summed E-state index contributed by atoms with van der Waals surface area (Å²) in [7, 11) is 1.53. The summed E-state index contributed by atoms with van der Waals surface area (Å²) in [4.78, 5) is 24.0. The molecule has 0 unspecified atom stereocenters. The Morgan fingerprint density at radius 1 is 0.821 bits per heavy atom. The van der Waals surface area contributed by atoms with Gasteiger partial charge in [-0.25, -0.2) is 4.79 Å². The van der Waals surface area contributed by atoms with E-state index >= 15 is 0 Å². The molecule has 0 atom stereocenters. The molecular formula is C20H25N3O5. The van der Waals surface area contributed by atoms with Crippen molar-refractivity contribution in [1.82, 2.24) is 0 Å². The molecule has 150 valence electrons. The highest BCUT2D eigenvalue weighted by Gasteiger charge is 2.16. The average molecular weight is 387 g/mol. The Balaban J connectivity index is 2.30. The molecule has 0 radical (unpaired) electrons. The Morgan fingerprint density at radius 3 is 1.89 bits per heavy atom. The average Bonchev–Trinajstić information content (AvgIpc) is 2.65. The van der Waals surface area contributed by atoms with Gasteiger partial charge in [0, 0.05) is 19.1 Å². The van der Waals surface area contributed by atoms with E-state index in [0.717, 1.165) is 0 Å². The maximum atomic E-state index is 12.5. The van der Waals surface area contributed by atoms with Crippen molar-refractivity contribution >= 4 is 29.0 Å². The molecule has 8 nitrogen and oxygen atoms in total. The zero-order valence-corrected chi connectivity index (χ0v) is 16.4. The van der Waals surface area contributed by atoms with Gasteiger partial charge in [0.25, 0.3) is 0 Å². The van der Waals surface area contributed by atoms with Gasteiger partial charge in [0.05, 0.1) is 37.4 Å². The highest BCUT2D eigenvalue weighted by atomic mass is 16.5. The van der Waals surface area contributed by atoms with E-state index in [1.165, 1.54) is 14.0 Å². The van der Waals surface area contributed by atoms with Gasteiger partial charge in [-0.1, -0.05) is 12.1 Å². The lowest BCUT2D eigenvalue weighted by Crippen LogP contribution is -2.20. The van der Waals surface area contributed by atoms with Crippen molar-refractivity contribution in [1.29, 1.82) is 0 Å². The van der Waals surface area contributed by atoms with Crippen molar-refractivity contribution in [2.75, 3.05) is 36.3 Å². The molecule has 2 aromatic carbocycles. The third kappa shape index (κ3) is 5.54. The fraction of sp³-hybridized carbons (Fsp3) is 0.300.